The van der Waals surface area contributed by atoms with E-state index in [2.05, 4.69) is 40.7 Å². The first-order chi connectivity index (χ1) is 21.5. The Morgan fingerprint density at radius 2 is 1.60 bits per heavy atom. The Labute approximate surface area is 272 Å². The molecule has 3 fully saturated rings. The van der Waals surface area contributed by atoms with Crippen LogP contribution in [-0.4, -0.2) is 33.6 Å². The zero-order valence-corrected chi connectivity index (χ0v) is 29.4. The standard InChI is InChI=1S/C39H60O6/c1-25(2)11-9-10-12-26(3)31-15-16-32-30-14-13-28-23-29(17-19-38(28,4)33(30)18-20-39(31,32)5)45-37(40)44-24-27-21-34(41-6)36(43-8)35(22-27)42-7/h13,21-22,25-26,29-33H,9-12,14-20,23-24H2,1-8H3/t26-,29-,30+,31-,32+,33+,38-,39-/m0/s1. The molecule has 5 rings (SSSR count). The molecule has 0 aromatic heterocycles. The number of carbonyl (C=O) groups is 1. The summed E-state index contributed by atoms with van der Waals surface area (Å²) in [6.45, 7) is 12.5. The van der Waals surface area contributed by atoms with E-state index in [4.69, 9.17) is 23.7 Å². The second-order valence-electron chi connectivity index (χ2n) is 15.7. The lowest BCUT2D eigenvalue weighted by Gasteiger charge is -2.58. The Balaban J connectivity index is 1.17. The van der Waals surface area contributed by atoms with Gasteiger partial charge in [-0.05, 0) is 109 Å². The van der Waals surface area contributed by atoms with Gasteiger partial charge < -0.3 is 23.7 Å². The van der Waals surface area contributed by atoms with E-state index in [0.717, 1.165) is 60.3 Å². The first-order valence-corrected chi connectivity index (χ1v) is 17.9. The molecule has 0 heterocycles. The van der Waals surface area contributed by atoms with Gasteiger partial charge in [0, 0.05) is 6.42 Å². The van der Waals surface area contributed by atoms with E-state index < -0.39 is 6.16 Å². The van der Waals surface area contributed by atoms with Gasteiger partial charge in [0.1, 0.15) is 12.7 Å². The number of unbranched alkanes of at least 4 members (excludes halogenated alkanes) is 1. The van der Waals surface area contributed by atoms with E-state index in [0.29, 0.717) is 22.7 Å². The van der Waals surface area contributed by atoms with Crippen molar-refractivity contribution in [1.82, 2.24) is 0 Å². The number of hydrogen-bond acceptors (Lipinski definition) is 6. The third-order valence-electron chi connectivity index (χ3n) is 12.9. The molecule has 4 aliphatic carbocycles. The summed E-state index contributed by atoms with van der Waals surface area (Å²) in [4.78, 5) is 12.8. The second kappa shape index (κ2) is 14.2. The van der Waals surface area contributed by atoms with Crippen LogP contribution in [0.2, 0.25) is 0 Å². The van der Waals surface area contributed by atoms with Crippen LogP contribution in [0.4, 0.5) is 4.79 Å². The SMILES string of the molecule is COc1cc(COC(=O)O[C@H]2CC[C@@]3(C)C(=CC[C@@H]4[C@H]5CC[C@@H]([C@@H](C)CCCCC(C)C)[C@]5(C)CC[C@H]43)C2)cc(OC)c1OC. The fourth-order valence-electron chi connectivity index (χ4n) is 10.5. The highest BCUT2D eigenvalue weighted by Gasteiger charge is 2.59. The molecule has 1 aromatic carbocycles. The molecule has 0 unspecified atom stereocenters. The minimum Gasteiger partial charge on any atom is -0.493 e. The summed E-state index contributed by atoms with van der Waals surface area (Å²) < 4.78 is 27.7. The zero-order chi connectivity index (χ0) is 32.4. The fourth-order valence-corrected chi connectivity index (χ4v) is 10.5. The third kappa shape index (κ3) is 6.86. The molecular weight excluding hydrogens is 564 g/mol. The Morgan fingerprint density at radius 1 is 0.889 bits per heavy atom. The molecule has 3 saturated carbocycles. The van der Waals surface area contributed by atoms with Crippen LogP contribution in [0.15, 0.2) is 23.8 Å². The molecule has 0 amide bonds. The fraction of sp³-hybridized carbons (Fsp3) is 0.769. The summed E-state index contributed by atoms with van der Waals surface area (Å²) in [5.74, 6) is 6.53. The maximum absolute atomic E-state index is 12.8. The van der Waals surface area contributed by atoms with Crippen LogP contribution in [0.1, 0.15) is 117 Å². The van der Waals surface area contributed by atoms with Gasteiger partial charge in [-0.2, -0.15) is 0 Å². The van der Waals surface area contributed by atoms with Gasteiger partial charge in [-0.3, -0.25) is 0 Å². The van der Waals surface area contributed by atoms with Gasteiger partial charge in [0.15, 0.2) is 11.5 Å². The van der Waals surface area contributed by atoms with Crippen LogP contribution in [0.5, 0.6) is 17.2 Å². The Hall–Kier alpha value is -2.37. The largest absolute Gasteiger partial charge is 0.508 e. The van der Waals surface area contributed by atoms with E-state index in [1.165, 1.54) is 63.4 Å². The number of ether oxygens (including phenoxy) is 5. The van der Waals surface area contributed by atoms with Crippen molar-refractivity contribution in [3.63, 3.8) is 0 Å². The molecule has 6 nitrogen and oxygen atoms in total. The van der Waals surface area contributed by atoms with Crippen LogP contribution < -0.4 is 14.2 Å². The summed E-state index contributed by atoms with van der Waals surface area (Å²) in [7, 11) is 4.71. The quantitative estimate of drug-likeness (QED) is 0.131. The minimum absolute atomic E-state index is 0.0736. The van der Waals surface area contributed by atoms with Crippen molar-refractivity contribution in [3.8, 4) is 17.2 Å². The Bertz CT molecular complexity index is 1180. The highest BCUT2D eigenvalue weighted by atomic mass is 16.7. The predicted octanol–water partition coefficient (Wildman–Crippen LogP) is 10.2. The number of fused-ring (bicyclic) bond motifs is 5. The molecule has 0 bridgehead atoms. The first kappa shape index (κ1) is 34.0. The predicted molar refractivity (Wildman–Crippen MR) is 179 cm³/mol. The number of methoxy groups -OCH3 is 3. The lowest BCUT2D eigenvalue weighted by Crippen LogP contribution is -2.51. The monoisotopic (exact) mass is 624 g/mol. The summed E-state index contributed by atoms with van der Waals surface area (Å²) in [6, 6.07) is 3.58. The maximum Gasteiger partial charge on any atom is 0.508 e. The summed E-state index contributed by atoms with van der Waals surface area (Å²) in [5, 5.41) is 0. The van der Waals surface area contributed by atoms with Gasteiger partial charge in [-0.25, -0.2) is 4.79 Å². The van der Waals surface area contributed by atoms with E-state index >= 15 is 0 Å². The van der Waals surface area contributed by atoms with Gasteiger partial charge in [0.05, 0.1) is 21.3 Å². The Morgan fingerprint density at radius 3 is 2.27 bits per heavy atom. The average Bonchev–Trinajstić information content (AvgIpc) is 3.38. The van der Waals surface area contributed by atoms with Crippen molar-refractivity contribution in [1.29, 1.82) is 0 Å². The molecule has 8 atom stereocenters. The minimum atomic E-state index is -0.615. The maximum atomic E-state index is 12.8. The van der Waals surface area contributed by atoms with E-state index in [-0.39, 0.29) is 18.1 Å². The van der Waals surface area contributed by atoms with E-state index in [1.54, 1.807) is 33.5 Å². The number of rotatable bonds is 12. The van der Waals surface area contributed by atoms with Crippen LogP contribution in [0.3, 0.4) is 0 Å². The topological polar surface area (TPSA) is 63.2 Å². The molecular formula is C39H60O6. The van der Waals surface area contributed by atoms with Crippen molar-refractivity contribution < 1.29 is 28.5 Å². The summed E-state index contributed by atoms with van der Waals surface area (Å²) in [6.07, 6.45) is 17.0. The molecule has 4 aliphatic rings. The van der Waals surface area contributed by atoms with Gasteiger partial charge in [0.2, 0.25) is 5.75 Å². The third-order valence-corrected chi connectivity index (χ3v) is 12.9. The number of allylic oxidation sites excluding steroid dienone is 1. The lowest BCUT2D eigenvalue weighted by molar-refractivity contribution is -0.0620. The highest BCUT2D eigenvalue weighted by molar-refractivity contribution is 5.61. The van der Waals surface area contributed by atoms with Crippen LogP contribution in [-0.2, 0) is 16.1 Å². The lowest BCUT2D eigenvalue weighted by atomic mass is 9.47. The number of benzene rings is 1. The van der Waals surface area contributed by atoms with Gasteiger partial charge >= 0.3 is 6.16 Å². The van der Waals surface area contributed by atoms with Crippen molar-refractivity contribution >= 4 is 6.16 Å². The molecule has 45 heavy (non-hydrogen) atoms. The molecule has 0 saturated heterocycles. The highest BCUT2D eigenvalue weighted by Crippen LogP contribution is 2.67. The molecule has 0 spiro atoms. The molecule has 0 radical (unpaired) electrons. The molecule has 0 aliphatic heterocycles. The van der Waals surface area contributed by atoms with Crippen LogP contribution >= 0.6 is 0 Å². The van der Waals surface area contributed by atoms with Crippen molar-refractivity contribution in [2.45, 2.75) is 124 Å². The smallest absolute Gasteiger partial charge is 0.493 e. The average molecular weight is 625 g/mol. The zero-order valence-electron chi connectivity index (χ0n) is 29.4. The van der Waals surface area contributed by atoms with Crippen molar-refractivity contribution in [2.75, 3.05) is 21.3 Å². The van der Waals surface area contributed by atoms with E-state index in [9.17, 15) is 4.79 Å². The van der Waals surface area contributed by atoms with Crippen LogP contribution in [0, 0.1) is 46.3 Å². The summed E-state index contributed by atoms with van der Waals surface area (Å²) in [5.41, 5.74) is 3.00. The van der Waals surface area contributed by atoms with E-state index in [1.807, 2.05) is 0 Å². The summed E-state index contributed by atoms with van der Waals surface area (Å²) >= 11 is 0. The van der Waals surface area contributed by atoms with Crippen molar-refractivity contribution in [2.24, 2.45) is 46.3 Å². The molecule has 0 N–H and O–H groups in total. The molecule has 1 aromatic rings. The molecule has 6 heteroatoms. The van der Waals surface area contributed by atoms with Gasteiger partial charge in [-0.1, -0.05) is 72.0 Å². The van der Waals surface area contributed by atoms with Crippen LogP contribution in [0.25, 0.3) is 0 Å². The number of hydrogen-bond donors (Lipinski definition) is 0. The Kier molecular flexibility index (Phi) is 10.7. The van der Waals surface area contributed by atoms with Crippen molar-refractivity contribution in [3.05, 3.63) is 29.3 Å². The molecule has 252 valence electrons. The number of carbonyl (C=O) groups excluding carboxylic acids is 1. The normalized spacial score (nSPS) is 32.9. The van der Waals surface area contributed by atoms with Gasteiger partial charge in [0.25, 0.3) is 0 Å². The second-order valence-corrected chi connectivity index (χ2v) is 15.7. The first-order valence-electron chi connectivity index (χ1n) is 17.9. The van der Waals surface area contributed by atoms with Gasteiger partial charge in [-0.15, -0.1) is 0 Å².